The van der Waals surface area contributed by atoms with Crippen LogP contribution in [0.3, 0.4) is 0 Å². The van der Waals surface area contributed by atoms with Crippen molar-refractivity contribution in [2.75, 3.05) is 7.11 Å². The molecule has 1 unspecified atom stereocenters. The van der Waals surface area contributed by atoms with Crippen molar-refractivity contribution in [1.29, 1.82) is 0 Å². The predicted octanol–water partition coefficient (Wildman–Crippen LogP) is 12.2. The number of nitrogens with two attached hydrogens (primary N) is 1. The van der Waals surface area contributed by atoms with Crippen LogP contribution in [-0.2, 0) is 6.61 Å². The third-order valence-electron chi connectivity index (χ3n) is 10.7. The molecule has 2 aliphatic carbocycles. The van der Waals surface area contributed by atoms with E-state index >= 15 is 0 Å². The van der Waals surface area contributed by atoms with Gasteiger partial charge in [-0.15, -0.1) is 0 Å². The Kier molecular flexibility index (Phi) is 24.1. The quantitative estimate of drug-likeness (QED) is 0.110. The fourth-order valence-corrected chi connectivity index (χ4v) is 7.91. The molecule has 8 heteroatoms. The zero-order valence-electron chi connectivity index (χ0n) is 31.7. The molecular weight excluding hydrogens is 740 g/mol. The van der Waals surface area contributed by atoms with Crippen molar-refractivity contribution in [1.82, 2.24) is 0 Å². The van der Waals surface area contributed by atoms with E-state index in [2.05, 4.69) is 90.4 Å². The molecule has 0 amide bonds. The van der Waals surface area contributed by atoms with Gasteiger partial charge in [-0.25, -0.2) is 0 Å². The molecular formula is C45H67BBrNO4P-. The van der Waals surface area contributed by atoms with Crippen molar-refractivity contribution in [3.63, 3.8) is 0 Å². The fourth-order valence-electron chi connectivity index (χ4n) is 7.65. The molecule has 2 saturated carbocycles. The topological polar surface area (TPSA) is 103 Å². The number of benzene rings is 4. The van der Waals surface area contributed by atoms with Gasteiger partial charge >= 0.3 is 7.12 Å². The smallest absolute Gasteiger partial charge is 0.488 e. The zero-order chi connectivity index (χ0) is 35.7. The lowest BCUT2D eigenvalue weighted by Crippen LogP contribution is -2.29. The summed E-state index contributed by atoms with van der Waals surface area (Å²) in [6, 6.07) is 32.8. The van der Waals surface area contributed by atoms with Crippen LogP contribution in [0, 0.1) is 11.8 Å². The van der Waals surface area contributed by atoms with Crippen LogP contribution in [0.25, 0.3) is 17.3 Å². The monoisotopic (exact) mass is 806 g/mol. The number of ether oxygens (including phenoxy) is 1. The van der Waals surface area contributed by atoms with Crippen LogP contribution in [0.1, 0.15) is 127 Å². The number of aliphatic hydroxyl groups excluding tert-OH is 1. The fraction of sp³-hybridized carbons (Fsp3) is 0.467. The number of hydrogen-bond donors (Lipinski definition) is 3. The Morgan fingerprint density at radius 2 is 1.02 bits per heavy atom. The summed E-state index contributed by atoms with van der Waals surface area (Å²) >= 11 is 3.50. The molecule has 5 N–H and O–H groups in total. The summed E-state index contributed by atoms with van der Waals surface area (Å²) in [6.45, 7) is 4.72. The molecule has 0 heterocycles. The molecule has 0 aromatic heterocycles. The second-order valence-electron chi connectivity index (χ2n) is 14.2. The van der Waals surface area contributed by atoms with Gasteiger partial charge in [0.25, 0.3) is 0 Å². The van der Waals surface area contributed by atoms with E-state index in [-0.39, 0.29) is 30.1 Å². The van der Waals surface area contributed by atoms with Crippen LogP contribution in [0.5, 0.6) is 5.75 Å². The van der Waals surface area contributed by atoms with Gasteiger partial charge in [0.2, 0.25) is 0 Å². The summed E-state index contributed by atoms with van der Waals surface area (Å²) in [5.74, 6) is 4.27. The van der Waals surface area contributed by atoms with E-state index in [1.54, 1.807) is 31.4 Å². The number of methoxy groups -OCH3 is 1. The third kappa shape index (κ3) is 16.0. The van der Waals surface area contributed by atoms with Crippen molar-refractivity contribution in [2.45, 2.75) is 117 Å². The van der Waals surface area contributed by atoms with E-state index in [4.69, 9.17) is 19.9 Å². The van der Waals surface area contributed by atoms with Gasteiger partial charge in [-0.05, 0) is 133 Å². The highest BCUT2D eigenvalue weighted by molar-refractivity contribution is 9.10. The Labute approximate surface area is 333 Å². The third-order valence-corrected chi connectivity index (χ3v) is 11.2. The van der Waals surface area contributed by atoms with Gasteiger partial charge in [0.1, 0.15) is 5.75 Å². The van der Waals surface area contributed by atoms with Gasteiger partial charge in [0.05, 0.1) is 13.7 Å². The summed E-state index contributed by atoms with van der Waals surface area (Å²) in [5.41, 5.74) is 6.96. The molecule has 5 nitrogen and oxygen atoms in total. The van der Waals surface area contributed by atoms with Crippen molar-refractivity contribution in [2.24, 2.45) is 11.8 Å². The minimum Gasteiger partial charge on any atom is -0.693 e. The highest BCUT2D eigenvalue weighted by Gasteiger charge is 2.22. The molecule has 0 spiro atoms. The molecule has 53 heavy (non-hydrogen) atoms. The van der Waals surface area contributed by atoms with E-state index in [9.17, 15) is 0 Å². The molecule has 4 aromatic carbocycles. The summed E-state index contributed by atoms with van der Waals surface area (Å²) in [6.07, 6.45) is 16.7. The van der Waals surface area contributed by atoms with E-state index in [0.717, 1.165) is 29.2 Å². The summed E-state index contributed by atoms with van der Waals surface area (Å²) < 4.78 is 6.08. The Morgan fingerprint density at radius 1 is 0.623 bits per heavy atom. The molecule has 6 rings (SSSR count). The lowest BCUT2D eigenvalue weighted by Gasteiger charge is -2.28. The minimum atomic E-state index is -1.40. The molecule has 2 fully saturated rings. The minimum absolute atomic E-state index is 0. The van der Waals surface area contributed by atoms with E-state index in [0.29, 0.717) is 11.2 Å². The SMILES string of the molecule is C.CCCC1CCC(c2ccc(-c3ccc(CO)cc3)cc2)CC1.CCCC1CCC(c2ccc(Br)cc2)CC1.COc1ccc(B(O)O)cc1.P.[NH2-]. The second kappa shape index (κ2) is 26.3. The van der Waals surface area contributed by atoms with Crippen LogP contribution >= 0.6 is 25.8 Å². The van der Waals surface area contributed by atoms with E-state index in [1.807, 2.05) is 12.1 Å². The van der Waals surface area contributed by atoms with Crippen LogP contribution < -0.4 is 10.2 Å². The van der Waals surface area contributed by atoms with E-state index < -0.39 is 7.12 Å². The molecule has 1 atom stereocenters. The molecule has 292 valence electrons. The number of hydrogen-bond acceptors (Lipinski definition) is 4. The largest absolute Gasteiger partial charge is 0.693 e. The maximum Gasteiger partial charge on any atom is 0.488 e. The van der Waals surface area contributed by atoms with Gasteiger partial charge in [-0.3, -0.25) is 0 Å². The number of halogens is 1. The van der Waals surface area contributed by atoms with Crippen molar-refractivity contribution >= 4 is 38.4 Å². The van der Waals surface area contributed by atoms with Crippen LogP contribution in [0.4, 0.5) is 0 Å². The Balaban J connectivity index is 0.000000412. The Bertz CT molecular complexity index is 1490. The highest BCUT2D eigenvalue weighted by atomic mass is 79.9. The van der Waals surface area contributed by atoms with Gasteiger partial charge in [0.15, 0.2) is 0 Å². The molecule has 0 saturated heterocycles. The highest BCUT2D eigenvalue weighted by Crippen LogP contribution is 2.39. The lowest BCUT2D eigenvalue weighted by molar-refractivity contribution is 0.282. The normalized spacial score (nSPS) is 18.9. The number of aliphatic hydroxyl groups is 1. The summed E-state index contributed by atoms with van der Waals surface area (Å²) in [4.78, 5) is 0. The van der Waals surface area contributed by atoms with Crippen molar-refractivity contribution in [3.05, 3.63) is 124 Å². The van der Waals surface area contributed by atoms with Crippen LogP contribution in [0.15, 0.2) is 102 Å². The molecule has 0 radical (unpaired) electrons. The molecule has 4 aromatic rings. The maximum atomic E-state index is 9.13. The summed E-state index contributed by atoms with van der Waals surface area (Å²) in [7, 11) is 0.158. The Morgan fingerprint density at radius 3 is 1.38 bits per heavy atom. The average Bonchev–Trinajstić information content (AvgIpc) is 3.17. The molecule has 0 aliphatic heterocycles. The maximum absolute atomic E-state index is 9.13. The lowest BCUT2D eigenvalue weighted by atomic mass is 9.77. The summed E-state index contributed by atoms with van der Waals surface area (Å²) in [5, 5.41) is 26.5. The zero-order valence-corrected chi connectivity index (χ0v) is 34.7. The molecule has 2 aliphatic rings. The first-order valence-electron chi connectivity index (χ1n) is 18.9. The standard InChI is InChI=1S/C22H28O.C15H21Br.C7H9BO3.CH4.H2N.H3P/c1-2-3-17-4-8-19(9-5-17)21-12-14-22(15-13-21)20-10-6-18(16-23)7-11-20;1-2-3-12-4-6-13(7-5-12)14-8-10-15(16)11-9-14;1-11-7-4-2-6(3-5-7)8(9)10;;;/h6-7,10-15,17,19,23H,2-5,8-9,16H2,1H3;8-13H,2-7H2,1H3;2-5,9-10H,1H3;1H4;1H2;1H3/q;;;;-1;. The van der Waals surface area contributed by atoms with Crippen LogP contribution in [0.2, 0.25) is 0 Å². The Hall–Kier alpha value is -2.51. The van der Waals surface area contributed by atoms with Crippen molar-refractivity contribution < 1.29 is 19.9 Å². The number of rotatable bonds is 10. The average molecular weight is 808 g/mol. The van der Waals surface area contributed by atoms with Gasteiger partial charge in [0, 0.05) is 4.47 Å². The second-order valence-corrected chi connectivity index (χ2v) is 15.1. The van der Waals surface area contributed by atoms with E-state index in [1.165, 1.54) is 104 Å². The van der Waals surface area contributed by atoms with Crippen molar-refractivity contribution in [3.8, 4) is 16.9 Å². The molecule has 0 bridgehead atoms. The van der Waals surface area contributed by atoms with Gasteiger partial charge in [-0.2, -0.15) is 9.90 Å². The first-order chi connectivity index (χ1) is 24.3. The van der Waals surface area contributed by atoms with Gasteiger partial charge < -0.3 is 26.0 Å². The first-order valence-corrected chi connectivity index (χ1v) is 19.7. The van der Waals surface area contributed by atoms with Gasteiger partial charge in [-0.1, -0.05) is 136 Å². The first kappa shape index (κ1) is 48.5. The van der Waals surface area contributed by atoms with Crippen LogP contribution in [-0.4, -0.2) is 29.4 Å². The predicted molar refractivity (Wildman–Crippen MR) is 237 cm³/mol.